The van der Waals surface area contributed by atoms with Gasteiger partial charge in [-0.15, -0.1) is 0 Å². The maximum atomic E-state index is 13.2. The molecule has 2 nitrogen and oxygen atoms in total. The highest BCUT2D eigenvalue weighted by atomic mass is 79.9. The summed E-state index contributed by atoms with van der Waals surface area (Å²) in [6.07, 6.45) is 6.35. The highest BCUT2D eigenvalue weighted by Gasteiger charge is 2.07. The fourth-order valence-corrected chi connectivity index (χ4v) is 3.33. The molecule has 0 aliphatic heterocycles. The molecule has 0 spiro atoms. The van der Waals surface area contributed by atoms with Crippen LogP contribution in [0, 0.1) is 5.82 Å². The third-order valence-corrected chi connectivity index (χ3v) is 5.04. The zero-order valence-corrected chi connectivity index (χ0v) is 17.5. The van der Waals surface area contributed by atoms with E-state index < -0.39 is 0 Å². The van der Waals surface area contributed by atoms with Crippen molar-refractivity contribution >= 4 is 27.5 Å². The molecule has 2 rings (SSSR count). The standard InChI is InChI=1S/C21H26BrClFNO/c1-2-3-4-5-6-11-25-14-17-12-18(22)8-10-21(17)26-15-16-7-9-19(24)13-20(16)23/h7-10,12-13,25H,2-6,11,14-15H2,1H3. The zero-order valence-electron chi connectivity index (χ0n) is 15.2. The van der Waals surface area contributed by atoms with E-state index in [9.17, 15) is 4.39 Å². The highest BCUT2D eigenvalue weighted by molar-refractivity contribution is 9.10. The SMILES string of the molecule is CCCCCCCNCc1cc(Br)ccc1OCc1ccc(F)cc1Cl. The number of ether oxygens (including phenoxy) is 1. The van der Waals surface area contributed by atoms with Crippen LogP contribution in [0.5, 0.6) is 5.75 Å². The zero-order chi connectivity index (χ0) is 18.8. The van der Waals surface area contributed by atoms with Gasteiger partial charge in [0.2, 0.25) is 0 Å². The maximum absolute atomic E-state index is 13.2. The van der Waals surface area contributed by atoms with Crippen molar-refractivity contribution in [2.45, 2.75) is 52.2 Å². The van der Waals surface area contributed by atoms with Crippen molar-refractivity contribution in [1.82, 2.24) is 5.32 Å². The van der Waals surface area contributed by atoms with Gasteiger partial charge in [0, 0.05) is 22.1 Å². The lowest BCUT2D eigenvalue weighted by Gasteiger charge is -2.14. The molecule has 142 valence electrons. The molecule has 0 atom stereocenters. The second-order valence-electron chi connectivity index (χ2n) is 6.37. The first-order chi connectivity index (χ1) is 12.6. The first kappa shape index (κ1) is 21.2. The van der Waals surface area contributed by atoms with Crippen LogP contribution < -0.4 is 10.1 Å². The van der Waals surface area contributed by atoms with Crippen LogP contribution in [0.15, 0.2) is 40.9 Å². The lowest BCUT2D eigenvalue weighted by Crippen LogP contribution is -2.15. The number of nitrogens with one attached hydrogen (secondary N) is 1. The van der Waals surface area contributed by atoms with E-state index in [4.69, 9.17) is 16.3 Å². The minimum atomic E-state index is -0.341. The van der Waals surface area contributed by atoms with Gasteiger partial charge in [-0.3, -0.25) is 0 Å². The van der Waals surface area contributed by atoms with E-state index >= 15 is 0 Å². The molecule has 0 amide bonds. The minimum Gasteiger partial charge on any atom is -0.489 e. The molecule has 0 aliphatic carbocycles. The first-order valence-electron chi connectivity index (χ1n) is 9.16. The van der Waals surface area contributed by atoms with E-state index in [0.717, 1.165) is 34.4 Å². The fraction of sp³-hybridized carbons (Fsp3) is 0.429. The molecule has 0 heterocycles. The van der Waals surface area contributed by atoms with Gasteiger partial charge in [0.15, 0.2) is 0 Å². The lowest BCUT2D eigenvalue weighted by molar-refractivity contribution is 0.302. The van der Waals surface area contributed by atoms with Crippen LogP contribution >= 0.6 is 27.5 Å². The summed E-state index contributed by atoms with van der Waals surface area (Å²) >= 11 is 9.59. The summed E-state index contributed by atoms with van der Waals surface area (Å²) in [6.45, 7) is 4.29. The Morgan fingerprint density at radius 2 is 1.85 bits per heavy atom. The van der Waals surface area contributed by atoms with Crippen molar-refractivity contribution in [3.05, 3.63) is 62.8 Å². The molecular weight excluding hydrogens is 417 g/mol. The van der Waals surface area contributed by atoms with E-state index in [-0.39, 0.29) is 5.82 Å². The largest absolute Gasteiger partial charge is 0.489 e. The molecule has 0 aliphatic rings. The molecule has 0 unspecified atom stereocenters. The second-order valence-corrected chi connectivity index (χ2v) is 7.69. The predicted molar refractivity (Wildman–Crippen MR) is 110 cm³/mol. The Labute approximate surface area is 169 Å². The number of rotatable bonds is 11. The normalized spacial score (nSPS) is 10.9. The third kappa shape index (κ3) is 7.26. The van der Waals surface area contributed by atoms with Gasteiger partial charge in [-0.25, -0.2) is 4.39 Å². The molecule has 0 fully saturated rings. The smallest absolute Gasteiger partial charge is 0.124 e. The van der Waals surface area contributed by atoms with Gasteiger partial charge >= 0.3 is 0 Å². The van der Waals surface area contributed by atoms with E-state index in [2.05, 4.69) is 34.2 Å². The van der Waals surface area contributed by atoms with E-state index in [0.29, 0.717) is 11.6 Å². The number of hydrogen-bond acceptors (Lipinski definition) is 2. The molecule has 0 saturated carbocycles. The van der Waals surface area contributed by atoms with Gasteiger partial charge in [0.25, 0.3) is 0 Å². The fourth-order valence-electron chi connectivity index (χ4n) is 2.70. The van der Waals surface area contributed by atoms with E-state index in [1.807, 2.05) is 12.1 Å². The van der Waals surface area contributed by atoms with Crippen molar-refractivity contribution < 1.29 is 9.13 Å². The summed E-state index contributed by atoms with van der Waals surface area (Å²) in [5.41, 5.74) is 1.86. The summed E-state index contributed by atoms with van der Waals surface area (Å²) in [7, 11) is 0. The Morgan fingerprint density at radius 1 is 1.04 bits per heavy atom. The summed E-state index contributed by atoms with van der Waals surface area (Å²) in [5, 5.41) is 3.87. The molecular formula is C21H26BrClFNO. The molecule has 0 radical (unpaired) electrons. The van der Waals surface area contributed by atoms with Crippen LogP contribution in [0.4, 0.5) is 4.39 Å². The molecule has 5 heteroatoms. The number of hydrogen-bond donors (Lipinski definition) is 1. The van der Waals surface area contributed by atoms with Gasteiger partial charge in [-0.05, 0) is 43.3 Å². The van der Waals surface area contributed by atoms with Crippen LogP contribution in [0.25, 0.3) is 0 Å². The van der Waals surface area contributed by atoms with Crippen LogP contribution in [0.2, 0.25) is 5.02 Å². The Balaban J connectivity index is 1.88. The topological polar surface area (TPSA) is 21.3 Å². The Hall–Kier alpha value is -1.10. The molecule has 0 bridgehead atoms. The number of halogens is 3. The number of benzene rings is 2. The van der Waals surface area contributed by atoms with Crippen molar-refractivity contribution in [2.24, 2.45) is 0 Å². The monoisotopic (exact) mass is 441 g/mol. The van der Waals surface area contributed by atoms with Gasteiger partial charge in [0.05, 0.1) is 5.02 Å². The average molecular weight is 443 g/mol. The van der Waals surface area contributed by atoms with Crippen molar-refractivity contribution in [3.8, 4) is 5.75 Å². The molecule has 0 saturated heterocycles. The Bertz CT molecular complexity index is 696. The van der Waals surface area contributed by atoms with Crippen molar-refractivity contribution in [3.63, 3.8) is 0 Å². The lowest BCUT2D eigenvalue weighted by atomic mass is 10.1. The van der Waals surface area contributed by atoms with Gasteiger partial charge < -0.3 is 10.1 Å². The summed E-state index contributed by atoms with van der Waals surface area (Å²) in [4.78, 5) is 0. The number of unbranched alkanes of at least 4 members (excludes halogenated alkanes) is 4. The van der Waals surface area contributed by atoms with E-state index in [1.54, 1.807) is 6.07 Å². The molecule has 0 aromatic heterocycles. The van der Waals surface area contributed by atoms with Gasteiger partial charge in [-0.1, -0.05) is 66.2 Å². The summed E-state index contributed by atoms with van der Waals surface area (Å²) in [5.74, 6) is 0.471. The summed E-state index contributed by atoms with van der Waals surface area (Å²) in [6, 6.07) is 10.3. The molecule has 2 aromatic carbocycles. The second kappa shape index (κ2) is 11.6. The Kier molecular flexibility index (Phi) is 9.44. The quantitative estimate of drug-likeness (QED) is 0.383. The molecule has 2 aromatic rings. The Morgan fingerprint density at radius 3 is 2.62 bits per heavy atom. The van der Waals surface area contributed by atoms with Crippen LogP contribution in [-0.2, 0) is 13.2 Å². The first-order valence-corrected chi connectivity index (χ1v) is 10.3. The van der Waals surface area contributed by atoms with Crippen LogP contribution in [0.1, 0.15) is 50.2 Å². The van der Waals surface area contributed by atoms with E-state index in [1.165, 1.54) is 44.2 Å². The van der Waals surface area contributed by atoms with Crippen molar-refractivity contribution in [1.29, 1.82) is 0 Å². The van der Waals surface area contributed by atoms with Crippen LogP contribution in [0.3, 0.4) is 0 Å². The molecule has 26 heavy (non-hydrogen) atoms. The summed E-state index contributed by atoms with van der Waals surface area (Å²) < 4.78 is 20.1. The van der Waals surface area contributed by atoms with Crippen molar-refractivity contribution in [2.75, 3.05) is 6.54 Å². The van der Waals surface area contributed by atoms with Gasteiger partial charge in [-0.2, -0.15) is 0 Å². The van der Waals surface area contributed by atoms with Gasteiger partial charge in [0.1, 0.15) is 18.2 Å². The molecule has 1 N–H and O–H groups in total. The predicted octanol–water partition coefficient (Wildman–Crippen LogP) is 6.88. The third-order valence-electron chi connectivity index (χ3n) is 4.19. The van der Waals surface area contributed by atoms with Crippen LogP contribution in [-0.4, -0.2) is 6.54 Å². The average Bonchev–Trinajstić information content (AvgIpc) is 2.61. The minimum absolute atomic E-state index is 0.310. The highest BCUT2D eigenvalue weighted by Crippen LogP contribution is 2.25. The maximum Gasteiger partial charge on any atom is 0.124 e.